The average molecular weight is 441 g/mol. The third-order valence-corrected chi connectivity index (χ3v) is 6.12. The zero-order chi connectivity index (χ0) is 22.5. The van der Waals surface area contributed by atoms with E-state index in [4.69, 9.17) is 0 Å². The second-order valence-electron chi connectivity index (χ2n) is 8.46. The summed E-state index contributed by atoms with van der Waals surface area (Å²) in [4.78, 5) is 34.5. The first-order valence-corrected chi connectivity index (χ1v) is 11.4. The van der Waals surface area contributed by atoms with Gasteiger partial charge in [-0.3, -0.25) is 9.59 Å². The molecule has 0 spiro atoms. The second kappa shape index (κ2) is 10.0. The largest absolute Gasteiger partial charge is 0.343 e. The Labute approximate surface area is 185 Å². The molecule has 1 fully saturated rings. The van der Waals surface area contributed by atoms with Gasteiger partial charge in [-0.1, -0.05) is 43.5 Å². The van der Waals surface area contributed by atoms with E-state index in [1.807, 2.05) is 4.90 Å². The zero-order valence-corrected chi connectivity index (χ0v) is 18.4. The molecule has 3 aromatic rings. The van der Waals surface area contributed by atoms with Crippen molar-refractivity contribution in [2.45, 2.75) is 64.3 Å². The predicted molar refractivity (Wildman–Crippen MR) is 119 cm³/mol. The van der Waals surface area contributed by atoms with Gasteiger partial charge in [0.1, 0.15) is 11.6 Å². The van der Waals surface area contributed by atoms with Gasteiger partial charge in [0, 0.05) is 25.4 Å². The molecule has 1 amide bonds. The minimum absolute atomic E-state index is 0.0745. The van der Waals surface area contributed by atoms with Crippen LogP contribution in [0.3, 0.4) is 0 Å². The van der Waals surface area contributed by atoms with Crippen molar-refractivity contribution in [3.63, 3.8) is 0 Å². The lowest BCUT2D eigenvalue weighted by molar-refractivity contribution is -0.132. The summed E-state index contributed by atoms with van der Waals surface area (Å²) in [5.74, 6) is 0.600. The van der Waals surface area contributed by atoms with Gasteiger partial charge in [0.15, 0.2) is 11.2 Å². The van der Waals surface area contributed by atoms with Crippen LogP contribution in [0.1, 0.15) is 69.2 Å². The van der Waals surface area contributed by atoms with Crippen molar-refractivity contribution in [1.29, 1.82) is 0 Å². The molecular formula is C23H29FN6O2. The van der Waals surface area contributed by atoms with Gasteiger partial charge in [-0.15, -0.1) is 5.10 Å². The molecule has 0 radical (unpaired) electrons. The number of unbranched alkanes of at least 4 members (excludes halogenated alkanes) is 3. The molecule has 8 nitrogen and oxygen atoms in total. The minimum Gasteiger partial charge on any atom is -0.343 e. The zero-order valence-electron chi connectivity index (χ0n) is 18.4. The van der Waals surface area contributed by atoms with Crippen molar-refractivity contribution >= 4 is 17.1 Å². The molecule has 2 aromatic heterocycles. The van der Waals surface area contributed by atoms with Crippen LogP contribution in [0, 0.1) is 5.82 Å². The van der Waals surface area contributed by atoms with E-state index in [0.29, 0.717) is 37.5 Å². The van der Waals surface area contributed by atoms with Crippen molar-refractivity contribution in [2.75, 3.05) is 13.1 Å². The number of piperidine rings is 1. The highest BCUT2D eigenvalue weighted by atomic mass is 19.1. The SMILES string of the molecule is CCCCCCC(=O)N1CCC(c2nc3c(nnn3Cc3ccc(F)cc3)c(=O)[nH]2)CC1. The highest BCUT2D eigenvalue weighted by Crippen LogP contribution is 2.26. The van der Waals surface area contributed by atoms with E-state index in [9.17, 15) is 14.0 Å². The smallest absolute Gasteiger partial charge is 0.281 e. The van der Waals surface area contributed by atoms with Gasteiger partial charge in [0.2, 0.25) is 5.91 Å². The minimum atomic E-state index is -0.315. The van der Waals surface area contributed by atoms with Crippen LogP contribution in [0.4, 0.5) is 4.39 Å². The molecule has 1 aliphatic rings. The molecule has 1 aromatic carbocycles. The molecule has 0 saturated carbocycles. The fraction of sp³-hybridized carbons (Fsp3) is 0.522. The number of carbonyl (C=O) groups excluding carboxylic acids is 1. The predicted octanol–water partition coefficient (Wildman–Crippen LogP) is 3.38. The summed E-state index contributed by atoms with van der Waals surface area (Å²) in [6.07, 6.45) is 6.51. The lowest BCUT2D eigenvalue weighted by Gasteiger charge is -2.31. The molecule has 0 atom stereocenters. The first-order chi connectivity index (χ1) is 15.5. The monoisotopic (exact) mass is 440 g/mol. The van der Waals surface area contributed by atoms with Gasteiger partial charge in [0.25, 0.3) is 5.56 Å². The lowest BCUT2D eigenvalue weighted by Crippen LogP contribution is -2.38. The van der Waals surface area contributed by atoms with E-state index in [2.05, 4.69) is 27.2 Å². The highest BCUT2D eigenvalue weighted by Gasteiger charge is 2.26. The van der Waals surface area contributed by atoms with Crippen LogP contribution in [0.15, 0.2) is 29.1 Å². The topological polar surface area (TPSA) is 96.8 Å². The number of rotatable bonds is 8. The van der Waals surface area contributed by atoms with E-state index < -0.39 is 0 Å². The Balaban J connectivity index is 1.44. The number of fused-ring (bicyclic) bond motifs is 1. The quantitative estimate of drug-likeness (QED) is 0.542. The molecule has 0 bridgehead atoms. The standard InChI is InChI=1S/C23H29FN6O2/c1-2-3-4-5-6-19(31)29-13-11-17(12-14-29)21-25-22-20(23(32)26-21)27-28-30(22)15-16-7-9-18(24)10-8-16/h7-10,17H,2-6,11-15H2,1H3,(H,25,26,32). The molecule has 4 rings (SSSR count). The molecular weight excluding hydrogens is 411 g/mol. The molecule has 9 heteroatoms. The van der Waals surface area contributed by atoms with E-state index in [1.54, 1.807) is 16.8 Å². The number of aromatic amines is 1. The number of carbonyl (C=O) groups is 1. The maximum Gasteiger partial charge on any atom is 0.281 e. The van der Waals surface area contributed by atoms with Crippen molar-refractivity contribution in [1.82, 2.24) is 29.9 Å². The van der Waals surface area contributed by atoms with Crippen molar-refractivity contribution in [2.24, 2.45) is 0 Å². The summed E-state index contributed by atoms with van der Waals surface area (Å²) >= 11 is 0. The Morgan fingerprint density at radius 3 is 2.62 bits per heavy atom. The first kappa shape index (κ1) is 22.1. The Kier molecular flexibility index (Phi) is 6.92. The van der Waals surface area contributed by atoms with Gasteiger partial charge >= 0.3 is 0 Å². The second-order valence-corrected chi connectivity index (χ2v) is 8.46. The lowest BCUT2D eigenvalue weighted by atomic mass is 9.95. The third-order valence-electron chi connectivity index (χ3n) is 6.12. The Morgan fingerprint density at radius 2 is 1.91 bits per heavy atom. The van der Waals surface area contributed by atoms with Crippen LogP contribution in [-0.2, 0) is 11.3 Å². The van der Waals surface area contributed by atoms with Crippen LogP contribution in [-0.4, -0.2) is 48.9 Å². The summed E-state index contributed by atoms with van der Waals surface area (Å²) in [6.45, 7) is 3.85. The van der Waals surface area contributed by atoms with Gasteiger partial charge in [0.05, 0.1) is 6.54 Å². The number of nitrogens with zero attached hydrogens (tertiary/aromatic N) is 5. The van der Waals surface area contributed by atoms with Crippen LogP contribution in [0.25, 0.3) is 11.2 Å². The summed E-state index contributed by atoms with van der Waals surface area (Å²) in [7, 11) is 0. The van der Waals surface area contributed by atoms with Crippen LogP contribution < -0.4 is 5.56 Å². The van der Waals surface area contributed by atoms with Gasteiger partial charge < -0.3 is 9.88 Å². The molecule has 1 N–H and O–H groups in total. The number of hydrogen-bond acceptors (Lipinski definition) is 5. The van der Waals surface area contributed by atoms with Gasteiger partial charge in [-0.2, -0.15) is 0 Å². The molecule has 3 heterocycles. The maximum absolute atomic E-state index is 13.2. The summed E-state index contributed by atoms with van der Waals surface area (Å²) in [5.41, 5.74) is 1.13. The number of benzene rings is 1. The van der Waals surface area contributed by atoms with Crippen molar-refractivity contribution < 1.29 is 9.18 Å². The molecule has 32 heavy (non-hydrogen) atoms. The fourth-order valence-electron chi connectivity index (χ4n) is 4.21. The molecule has 170 valence electrons. The Morgan fingerprint density at radius 1 is 1.16 bits per heavy atom. The van der Waals surface area contributed by atoms with E-state index >= 15 is 0 Å². The summed E-state index contributed by atoms with van der Waals surface area (Å²) in [6, 6.07) is 6.12. The number of amides is 1. The van der Waals surface area contributed by atoms with E-state index in [0.717, 1.165) is 37.7 Å². The van der Waals surface area contributed by atoms with Gasteiger partial charge in [-0.25, -0.2) is 14.1 Å². The molecule has 0 aliphatic carbocycles. The number of hydrogen-bond donors (Lipinski definition) is 1. The maximum atomic E-state index is 13.2. The molecule has 1 aliphatic heterocycles. The first-order valence-electron chi connectivity index (χ1n) is 11.4. The number of halogens is 1. The van der Waals surface area contributed by atoms with E-state index in [1.165, 1.54) is 18.6 Å². The Hall–Kier alpha value is -3.10. The molecule has 1 saturated heterocycles. The third kappa shape index (κ3) is 5.03. The van der Waals surface area contributed by atoms with Crippen molar-refractivity contribution in [3.05, 3.63) is 51.8 Å². The van der Waals surface area contributed by atoms with Crippen molar-refractivity contribution in [3.8, 4) is 0 Å². The molecule has 0 unspecified atom stereocenters. The van der Waals surface area contributed by atoms with Crippen LogP contribution in [0.2, 0.25) is 0 Å². The Bertz CT molecular complexity index is 1120. The number of H-pyrrole nitrogens is 1. The average Bonchev–Trinajstić information content (AvgIpc) is 3.21. The normalized spacial score (nSPS) is 14.9. The fourth-order valence-corrected chi connectivity index (χ4v) is 4.21. The number of likely N-dealkylation sites (tertiary alicyclic amines) is 1. The van der Waals surface area contributed by atoms with E-state index in [-0.39, 0.29) is 28.7 Å². The summed E-state index contributed by atoms with van der Waals surface area (Å²) in [5, 5.41) is 8.05. The van der Waals surface area contributed by atoms with Crippen LogP contribution >= 0.6 is 0 Å². The summed E-state index contributed by atoms with van der Waals surface area (Å²) < 4.78 is 14.7. The number of nitrogens with one attached hydrogen (secondary N) is 1. The van der Waals surface area contributed by atoms with Crippen LogP contribution in [0.5, 0.6) is 0 Å². The van der Waals surface area contributed by atoms with Gasteiger partial charge in [-0.05, 0) is 37.0 Å². The highest BCUT2D eigenvalue weighted by molar-refractivity contribution is 5.76. The number of aromatic nitrogens is 5.